The summed E-state index contributed by atoms with van der Waals surface area (Å²) < 4.78 is 5.29. The lowest BCUT2D eigenvalue weighted by atomic mass is 10.1. The number of imide groups is 1. The number of furan rings is 1. The Labute approximate surface area is 117 Å². The number of amides is 2. The van der Waals surface area contributed by atoms with Gasteiger partial charge < -0.3 is 9.52 Å². The minimum atomic E-state index is -1.22. The van der Waals surface area contributed by atoms with Gasteiger partial charge in [0.2, 0.25) is 11.7 Å². The van der Waals surface area contributed by atoms with Crippen LogP contribution in [0.2, 0.25) is 0 Å². The van der Waals surface area contributed by atoms with Gasteiger partial charge in [-0.05, 0) is 6.07 Å². The molecule has 6 nitrogen and oxygen atoms in total. The highest BCUT2D eigenvalue weighted by atomic mass is 32.2. The van der Waals surface area contributed by atoms with E-state index < -0.39 is 5.97 Å². The van der Waals surface area contributed by atoms with Crippen LogP contribution in [0.15, 0.2) is 28.7 Å². The second kappa shape index (κ2) is 4.68. The number of nitrogens with zero attached hydrogens (tertiary/aromatic N) is 1. The Morgan fingerprint density at radius 1 is 1.35 bits per heavy atom. The molecule has 2 amide bonds. The molecule has 0 atom stereocenters. The molecule has 0 aliphatic carbocycles. The predicted molar refractivity (Wildman–Crippen MR) is 71.6 cm³/mol. The lowest BCUT2D eigenvalue weighted by Crippen LogP contribution is -2.28. The zero-order chi connectivity index (χ0) is 14.3. The number of carbonyl (C=O) groups excluding carboxylic acids is 2. The van der Waals surface area contributed by atoms with Crippen molar-refractivity contribution >= 4 is 39.8 Å². The third-order valence-corrected chi connectivity index (χ3v) is 3.91. The number of carboxylic acid groups (broad SMARTS) is 1. The monoisotopic (exact) mass is 291 g/mol. The van der Waals surface area contributed by atoms with Crippen molar-refractivity contribution in [1.82, 2.24) is 4.90 Å². The fraction of sp³-hybridized carbons (Fsp3) is 0.154. The van der Waals surface area contributed by atoms with Crippen molar-refractivity contribution in [3.63, 3.8) is 0 Å². The highest BCUT2D eigenvalue weighted by Gasteiger charge is 2.32. The first-order valence-corrected chi connectivity index (χ1v) is 6.77. The van der Waals surface area contributed by atoms with Crippen LogP contribution in [-0.2, 0) is 11.3 Å². The molecule has 1 aliphatic rings. The topological polar surface area (TPSA) is 87.8 Å². The Balaban J connectivity index is 2.09. The molecule has 7 heteroatoms. The van der Waals surface area contributed by atoms with E-state index in [2.05, 4.69) is 0 Å². The maximum Gasteiger partial charge on any atom is 0.372 e. The Morgan fingerprint density at radius 2 is 2.10 bits per heavy atom. The molecule has 3 rings (SSSR count). The van der Waals surface area contributed by atoms with Gasteiger partial charge in [0.25, 0.3) is 5.24 Å². The maximum atomic E-state index is 11.6. The van der Waals surface area contributed by atoms with Crippen molar-refractivity contribution < 1.29 is 23.9 Å². The van der Waals surface area contributed by atoms with Gasteiger partial charge in [-0.2, -0.15) is 0 Å². The summed E-state index contributed by atoms with van der Waals surface area (Å²) >= 11 is 0.914. The Morgan fingerprint density at radius 3 is 2.75 bits per heavy atom. The normalized spacial score (nSPS) is 15.3. The minimum absolute atomic E-state index is 0.0800. The lowest BCUT2D eigenvalue weighted by Gasteiger charge is -2.12. The summed E-state index contributed by atoms with van der Waals surface area (Å²) in [4.78, 5) is 35.5. The second-order valence-electron chi connectivity index (χ2n) is 4.25. The molecule has 0 spiro atoms. The lowest BCUT2D eigenvalue weighted by molar-refractivity contribution is -0.125. The van der Waals surface area contributed by atoms with Crippen molar-refractivity contribution in [2.24, 2.45) is 0 Å². The third kappa shape index (κ3) is 1.96. The first-order valence-electron chi connectivity index (χ1n) is 5.78. The van der Waals surface area contributed by atoms with Gasteiger partial charge in [0, 0.05) is 10.9 Å². The summed E-state index contributed by atoms with van der Waals surface area (Å²) in [6.45, 7) is -0.0800. The van der Waals surface area contributed by atoms with Crippen molar-refractivity contribution in [3.8, 4) is 0 Å². The van der Waals surface area contributed by atoms with E-state index in [1.807, 2.05) is 0 Å². The predicted octanol–water partition coefficient (Wildman–Crippen LogP) is 2.33. The minimum Gasteiger partial charge on any atom is -0.475 e. The number of hydrogen-bond acceptors (Lipinski definition) is 5. The molecule has 1 N–H and O–H groups in total. The number of carbonyl (C=O) groups is 3. The molecule has 1 aliphatic heterocycles. The molecule has 1 fully saturated rings. The summed E-state index contributed by atoms with van der Waals surface area (Å²) in [6.07, 6.45) is 0. The molecule has 0 unspecified atom stereocenters. The van der Waals surface area contributed by atoms with Crippen LogP contribution in [-0.4, -0.2) is 32.9 Å². The Hall–Kier alpha value is -2.28. The van der Waals surface area contributed by atoms with E-state index in [1.165, 1.54) is 0 Å². The molecular formula is C13H9NO5S. The smallest absolute Gasteiger partial charge is 0.372 e. The number of rotatable bonds is 3. The van der Waals surface area contributed by atoms with Gasteiger partial charge in [-0.3, -0.25) is 14.5 Å². The van der Waals surface area contributed by atoms with Gasteiger partial charge in [-0.15, -0.1) is 0 Å². The van der Waals surface area contributed by atoms with E-state index in [4.69, 9.17) is 4.42 Å². The zero-order valence-corrected chi connectivity index (χ0v) is 11.0. The van der Waals surface area contributed by atoms with Crippen LogP contribution in [0.5, 0.6) is 0 Å². The van der Waals surface area contributed by atoms with Crippen LogP contribution in [0.4, 0.5) is 4.79 Å². The van der Waals surface area contributed by atoms with Gasteiger partial charge >= 0.3 is 5.97 Å². The van der Waals surface area contributed by atoms with Gasteiger partial charge in [0.15, 0.2) is 0 Å². The fourth-order valence-corrected chi connectivity index (χ4v) is 2.85. The fourth-order valence-electron chi connectivity index (χ4n) is 2.12. The zero-order valence-electron chi connectivity index (χ0n) is 10.2. The SMILES string of the molecule is O=C(O)c1oc2ccccc2c1CN1C(=O)CSC1=O. The largest absolute Gasteiger partial charge is 0.475 e. The molecular weight excluding hydrogens is 282 g/mol. The van der Waals surface area contributed by atoms with Crippen LogP contribution >= 0.6 is 11.8 Å². The van der Waals surface area contributed by atoms with Crippen LogP contribution in [0, 0.1) is 0 Å². The van der Waals surface area contributed by atoms with E-state index in [0.29, 0.717) is 16.5 Å². The number of carboxylic acids is 1. The summed E-state index contributed by atoms with van der Waals surface area (Å²) in [5.74, 6) is -1.68. The molecule has 0 radical (unpaired) electrons. The van der Waals surface area contributed by atoms with E-state index in [-0.39, 0.29) is 29.2 Å². The Bertz CT molecular complexity index is 719. The van der Waals surface area contributed by atoms with Crippen molar-refractivity contribution in [1.29, 1.82) is 0 Å². The van der Waals surface area contributed by atoms with Crippen LogP contribution in [0.25, 0.3) is 11.0 Å². The summed E-state index contributed by atoms with van der Waals surface area (Å²) in [5, 5.41) is 9.42. The van der Waals surface area contributed by atoms with E-state index >= 15 is 0 Å². The molecule has 1 aromatic heterocycles. The standard InChI is InChI=1S/C13H9NO5S/c15-10-6-20-13(18)14(10)5-8-7-3-1-2-4-9(7)19-11(8)12(16)17/h1-4H,5-6H2,(H,16,17). The van der Waals surface area contributed by atoms with Gasteiger partial charge in [-0.1, -0.05) is 30.0 Å². The number of para-hydroxylation sites is 1. The van der Waals surface area contributed by atoms with E-state index in [1.54, 1.807) is 24.3 Å². The number of aromatic carboxylic acids is 1. The number of hydrogen-bond donors (Lipinski definition) is 1. The quantitative estimate of drug-likeness (QED) is 0.933. The highest BCUT2D eigenvalue weighted by Crippen LogP contribution is 2.29. The van der Waals surface area contributed by atoms with Crippen LogP contribution in [0.1, 0.15) is 16.1 Å². The first-order chi connectivity index (χ1) is 9.58. The average molecular weight is 291 g/mol. The van der Waals surface area contributed by atoms with Crippen molar-refractivity contribution in [3.05, 3.63) is 35.6 Å². The molecule has 1 saturated heterocycles. The Kier molecular flexibility index (Phi) is 2.98. The molecule has 1 aromatic carbocycles. The van der Waals surface area contributed by atoms with Crippen LogP contribution < -0.4 is 0 Å². The highest BCUT2D eigenvalue weighted by molar-refractivity contribution is 8.14. The molecule has 0 bridgehead atoms. The molecule has 0 saturated carbocycles. The molecule has 2 aromatic rings. The van der Waals surface area contributed by atoms with Gasteiger partial charge in [0.1, 0.15) is 5.58 Å². The summed E-state index contributed by atoms with van der Waals surface area (Å²) in [5.41, 5.74) is 0.768. The third-order valence-electron chi connectivity index (χ3n) is 3.05. The van der Waals surface area contributed by atoms with E-state index in [9.17, 15) is 19.5 Å². The molecule has 2 heterocycles. The van der Waals surface area contributed by atoms with Crippen molar-refractivity contribution in [2.45, 2.75) is 6.54 Å². The number of thioether (sulfide) groups is 1. The summed E-state index contributed by atoms with van der Waals surface area (Å²) in [6, 6.07) is 6.82. The average Bonchev–Trinajstić information content (AvgIpc) is 2.94. The maximum absolute atomic E-state index is 11.6. The van der Waals surface area contributed by atoms with E-state index in [0.717, 1.165) is 16.7 Å². The number of benzene rings is 1. The van der Waals surface area contributed by atoms with Gasteiger partial charge in [0.05, 0.1) is 12.3 Å². The van der Waals surface area contributed by atoms with Crippen molar-refractivity contribution in [2.75, 3.05) is 5.75 Å². The first kappa shape index (κ1) is 12.7. The molecule has 102 valence electrons. The molecule has 20 heavy (non-hydrogen) atoms. The van der Waals surface area contributed by atoms with Crippen LogP contribution in [0.3, 0.4) is 0 Å². The summed E-state index contributed by atoms with van der Waals surface area (Å²) in [7, 11) is 0. The second-order valence-corrected chi connectivity index (χ2v) is 5.17. The number of fused-ring (bicyclic) bond motifs is 1. The van der Waals surface area contributed by atoms with Gasteiger partial charge in [-0.25, -0.2) is 4.79 Å².